The van der Waals surface area contributed by atoms with Gasteiger partial charge in [-0.25, -0.2) is 4.98 Å². The van der Waals surface area contributed by atoms with Gasteiger partial charge >= 0.3 is 0 Å². The van der Waals surface area contributed by atoms with E-state index in [0.717, 1.165) is 73.6 Å². The minimum atomic E-state index is -0.588. The number of aromatic amines is 1. The van der Waals surface area contributed by atoms with Crippen molar-refractivity contribution in [3.05, 3.63) is 53.3 Å². The SMILES string of the molecule is COc1ccc(OC)c2[nH]c(CCCN(C)CC[C@]3(O)C[C@H]4CCC[C@@H]3c3ccccc34)nc12. The lowest BCUT2D eigenvalue weighted by atomic mass is 9.67. The van der Waals surface area contributed by atoms with E-state index < -0.39 is 5.60 Å². The van der Waals surface area contributed by atoms with Crippen LogP contribution in [0.5, 0.6) is 11.5 Å². The molecule has 1 fully saturated rings. The Morgan fingerprint density at radius 3 is 2.62 bits per heavy atom. The maximum atomic E-state index is 11.8. The number of fused-ring (bicyclic) bond motifs is 4. The molecule has 2 N–H and O–H groups in total. The molecule has 6 nitrogen and oxygen atoms in total. The van der Waals surface area contributed by atoms with E-state index in [1.54, 1.807) is 14.2 Å². The normalized spacial score (nSPS) is 23.8. The van der Waals surface area contributed by atoms with Gasteiger partial charge in [0.05, 0.1) is 19.8 Å². The zero-order valence-corrected chi connectivity index (χ0v) is 20.6. The van der Waals surface area contributed by atoms with Crippen LogP contribution < -0.4 is 9.47 Å². The lowest BCUT2D eigenvalue weighted by molar-refractivity contribution is -0.0194. The maximum absolute atomic E-state index is 11.8. The first-order valence-electron chi connectivity index (χ1n) is 12.6. The molecule has 0 radical (unpaired) electrons. The first kappa shape index (κ1) is 23.2. The monoisotopic (exact) mass is 463 g/mol. The molecule has 3 atom stereocenters. The van der Waals surface area contributed by atoms with Crippen LogP contribution in [-0.4, -0.2) is 59.9 Å². The van der Waals surface area contributed by atoms with Crippen molar-refractivity contribution < 1.29 is 14.6 Å². The van der Waals surface area contributed by atoms with Gasteiger partial charge in [0.15, 0.2) is 0 Å². The van der Waals surface area contributed by atoms with E-state index in [1.807, 2.05) is 12.1 Å². The van der Waals surface area contributed by atoms with Crippen LogP contribution in [0.15, 0.2) is 36.4 Å². The molecule has 6 heteroatoms. The Kier molecular flexibility index (Phi) is 6.54. The number of benzene rings is 2. The third-order valence-electron chi connectivity index (χ3n) is 8.04. The van der Waals surface area contributed by atoms with Gasteiger partial charge in [0.1, 0.15) is 28.4 Å². The van der Waals surface area contributed by atoms with Gasteiger partial charge in [-0.2, -0.15) is 0 Å². The van der Waals surface area contributed by atoms with Crippen molar-refractivity contribution in [2.45, 2.75) is 62.4 Å². The number of imidazole rings is 1. The maximum Gasteiger partial charge on any atom is 0.146 e. The minimum Gasteiger partial charge on any atom is -0.494 e. The van der Waals surface area contributed by atoms with Gasteiger partial charge in [0.2, 0.25) is 0 Å². The number of hydrogen-bond acceptors (Lipinski definition) is 5. The average molecular weight is 464 g/mol. The summed E-state index contributed by atoms with van der Waals surface area (Å²) >= 11 is 0. The number of methoxy groups -OCH3 is 2. The Morgan fingerprint density at radius 2 is 1.82 bits per heavy atom. The van der Waals surface area contributed by atoms with Crippen LogP contribution in [0.2, 0.25) is 0 Å². The average Bonchev–Trinajstić information content (AvgIpc) is 3.09. The molecule has 182 valence electrons. The molecule has 1 saturated carbocycles. The largest absolute Gasteiger partial charge is 0.494 e. The van der Waals surface area contributed by atoms with E-state index in [2.05, 4.69) is 41.2 Å². The van der Waals surface area contributed by atoms with Crippen LogP contribution in [0.3, 0.4) is 0 Å². The van der Waals surface area contributed by atoms with Crippen LogP contribution in [0.25, 0.3) is 11.0 Å². The number of H-pyrrole nitrogens is 1. The molecule has 3 aliphatic carbocycles. The first-order chi connectivity index (χ1) is 16.5. The molecule has 0 aliphatic heterocycles. The van der Waals surface area contributed by atoms with Gasteiger partial charge < -0.3 is 24.5 Å². The summed E-state index contributed by atoms with van der Waals surface area (Å²) < 4.78 is 10.9. The molecule has 2 aromatic carbocycles. The summed E-state index contributed by atoms with van der Waals surface area (Å²) in [5, 5.41) is 11.8. The molecule has 3 aliphatic rings. The quantitative estimate of drug-likeness (QED) is 0.466. The Morgan fingerprint density at radius 1 is 1.06 bits per heavy atom. The summed E-state index contributed by atoms with van der Waals surface area (Å²) in [4.78, 5) is 10.5. The number of ether oxygens (including phenoxy) is 2. The highest BCUT2D eigenvalue weighted by atomic mass is 16.5. The molecule has 0 saturated heterocycles. The predicted molar refractivity (Wildman–Crippen MR) is 135 cm³/mol. The van der Waals surface area contributed by atoms with Crippen LogP contribution in [0.4, 0.5) is 0 Å². The Labute approximate surface area is 202 Å². The molecule has 34 heavy (non-hydrogen) atoms. The van der Waals surface area contributed by atoms with Gasteiger partial charge in [-0.05, 0) is 74.9 Å². The molecule has 0 unspecified atom stereocenters. The molecule has 1 aromatic heterocycles. The number of nitrogens with one attached hydrogen (secondary N) is 1. The smallest absolute Gasteiger partial charge is 0.146 e. The summed E-state index contributed by atoms with van der Waals surface area (Å²) in [7, 11) is 5.50. The molecule has 6 rings (SSSR count). The van der Waals surface area contributed by atoms with Crippen molar-refractivity contribution in [2.75, 3.05) is 34.4 Å². The van der Waals surface area contributed by atoms with Gasteiger partial charge in [-0.3, -0.25) is 0 Å². The van der Waals surface area contributed by atoms with Crippen molar-refractivity contribution in [1.82, 2.24) is 14.9 Å². The van der Waals surface area contributed by atoms with Crippen molar-refractivity contribution >= 4 is 11.0 Å². The second kappa shape index (κ2) is 9.59. The Bertz CT molecular complexity index is 1100. The van der Waals surface area contributed by atoms with Gasteiger partial charge in [-0.15, -0.1) is 0 Å². The molecule has 3 aromatic rings. The van der Waals surface area contributed by atoms with Crippen molar-refractivity contribution in [3.63, 3.8) is 0 Å². The lowest BCUT2D eigenvalue weighted by Crippen LogP contribution is -2.43. The molecular weight excluding hydrogens is 426 g/mol. The van der Waals surface area contributed by atoms with Gasteiger partial charge in [0, 0.05) is 18.9 Å². The summed E-state index contributed by atoms with van der Waals surface area (Å²) in [6.45, 7) is 1.87. The van der Waals surface area contributed by atoms with Crippen LogP contribution in [0, 0.1) is 0 Å². The Balaban J connectivity index is 1.18. The molecule has 0 spiro atoms. The second-order valence-electron chi connectivity index (χ2n) is 10.2. The summed E-state index contributed by atoms with van der Waals surface area (Å²) in [6, 6.07) is 12.6. The second-order valence-corrected chi connectivity index (χ2v) is 10.2. The predicted octanol–water partition coefficient (Wildman–Crippen LogP) is 5.02. The van der Waals surface area contributed by atoms with E-state index in [0.29, 0.717) is 5.92 Å². The third-order valence-corrected chi connectivity index (χ3v) is 8.04. The summed E-state index contributed by atoms with van der Waals surface area (Å²) in [5.41, 5.74) is 4.00. The number of nitrogens with zero attached hydrogens (tertiary/aromatic N) is 2. The van der Waals surface area contributed by atoms with E-state index in [9.17, 15) is 5.11 Å². The molecule has 0 amide bonds. The van der Waals surface area contributed by atoms with E-state index in [1.165, 1.54) is 24.0 Å². The fourth-order valence-electron chi connectivity index (χ4n) is 6.25. The standard InChI is InChI=1S/C28H37N3O3/c1-31(16-7-12-25-29-26-23(33-2)13-14-24(34-3)27(26)30-25)17-15-28(32)18-19-8-6-11-22(28)21-10-5-4-9-20(19)21/h4-5,9-10,13-14,19,22,32H,6-8,11-12,15-18H2,1-3H3,(H,29,30)/t19-,22-,28+/m1/s1. The first-order valence-corrected chi connectivity index (χ1v) is 12.6. The third kappa shape index (κ3) is 4.29. The van der Waals surface area contributed by atoms with Gasteiger partial charge in [-0.1, -0.05) is 30.7 Å². The van der Waals surface area contributed by atoms with Gasteiger partial charge in [0.25, 0.3) is 0 Å². The fraction of sp³-hybridized carbons (Fsp3) is 0.536. The van der Waals surface area contributed by atoms with Crippen LogP contribution >= 0.6 is 0 Å². The lowest BCUT2D eigenvalue weighted by Gasteiger charge is -2.43. The summed E-state index contributed by atoms with van der Waals surface area (Å²) in [5.74, 6) is 3.26. The van der Waals surface area contributed by atoms with Crippen molar-refractivity contribution in [2.24, 2.45) is 0 Å². The number of aliphatic hydroxyl groups is 1. The van der Waals surface area contributed by atoms with Crippen molar-refractivity contribution in [3.8, 4) is 11.5 Å². The fourth-order valence-corrected chi connectivity index (χ4v) is 6.25. The van der Waals surface area contributed by atoms with Crippen molar-refractivity contribution in [1.29, 1.82) is 0 Å². The van der Waals surface area contributed by atoms with E-state index in [-0.39, 0.29) is 5.92 Å². The highest BCUT2D eigenvalue weighted by molar-refractivity contribution is 5.87. The topological polar surface area (TPSA) is 70.6 Å². The Hall–Kier alpha value is -2.57. The van der Waals surface area contributed by atoms with Crippen LogP contribution in [0.1, 0.15) is 67.3 Å². The number of aromatic nitrogens is 2. The number of aryl methyl sites for hydroxylation is 1. The molecule has 1 heterocycles. The number of hydrogen-bond donors (Lipinski definition) is 2. The summed E-state index contributed by atoms with van der Waals surface area (Å²) in [6.07, 6.45) is 7.12. The highest BCUT2D eigenvalue weighted by Crippen LogP contribution is 2.53. The zero-order valence-electron chi connectivity index (χ0n) is 20.6. The highest BCUT2D eigenvalue weighted by Gasteiger charge is 2.46. The van der Waals surface area contributed by atoms with E-state index in [4.69, 9.17) is 14.5 Å². The van der Waals surface area contributed by atoms with E-state index >= 15 is 0 Å². The number of rotatable bonds is 9. The molecule has 2 bridgehead atoms. The molecular formula is C28H37N3O3. The minimum absolute atomic E-state index is 0.274. The van der Waals surface area contributed by atoms with Crippen LogP contribution in [-0.2, 0) is 6.42 Å². The zero-order chi connectivity index (χ0) is 23.7.